The number of allylic oxidation sites excluding steroid dienone is 2. The molecule has 1 unspecified atom stereocenters. The number of rotatable bonds is 0. The van der Waals surface area contributed by atoms with E-state index >= 15 is 0 Å². The van der Waals surface area contributed by atoms with Crippen molar-refractivity contribution in [2.75, 3.05) is 0 Å². The van der Waals surface area contributed by atoms with Gasteiger partial charge in [0.25, 0.3) is 0 Å². The molecule has 0 saturated heterocycles. The highest BCUT2D eigenvalue weighted by Crippen LogP contribution is 2.34. The first-order chi connectivity index (χ1) is 6.92. The maximum atomic E-state index is 11.2. The predicted molar refractivity (Wildman–Crippen MR) is 57.5 cm³/mol. The van der Waals surface area contributed by atoms with Gasteiger partial charge in [0.15, 0.2) is 5.78 Å². The summed E-state index contributed by atoms with van der Waals surface area (Å²) in [5, 5.41) is 11.3. The van der Waals surface area contributed by atoms with Gasteiger partial charge in [0.1, 0.15) is 0 Å². The van der Waals surface area contributed by atoms with Gasteiger partial charge in [-0.2, -0.15) is 5.06 Å². The van der Waals surface area contributed by atoms with Crippen LogP contribution in [0, 0.1) is 0 Å². The first kappa shape index (κ1) is 10.3. The molecule has 0 bridgehead atoms. The van der Waals surface area contributed by atoms with Crippen LogP contribution in [0.2, 0.25) is 0 Å². The molecule has 2 aliphatic rings. The van der Waals surface area contributed by atoms with Crippen LogP contribution in [0.15, 0.2) is 35.5 Å². The Kier molecular flexibility index (Phi) is 2.17. The molecule has 3 heteroatoms. The third-order valence-corrected chi connectivity index (χ3v) is 2.94. The molecule has 1 N–H and O–H groups in total. The quantitative estimate of drug-likeness (QED) is 0.656. The van der Waals surface area contributed by atoms with Crippen molar-refractivity contribution in [1.82, 2.24) is 5.06 Å². The molecule has 3 nitrogen and oxygen atoms in total. The van der Waals surface area contributed by atoms with E-state index < -0.39 is 5.54 Å². The minimum atomic E-state index is -0.392. The van der Waals surface area contributed by atoms with Gasteiger partial charge < -0.3 is 5.21 Å². The third kappa shape index (κ3) is 1.58. The van der Waals surface area contributed by atoms with Crippen molar-refractivity contribution in [3.63, 3.8) is 0 Å². The molecule has 15 heavy (non-hydrogen) atoms. The Bertz CT molecular complexity index is 402. The van der Waals surface area contributed by atoms with Crippen molar-refractivity contribution in [3.05, 3.63) is 35.5 Å². The summed E-state index contributed by atoms with van der Waals surface area (Å²) in [7, 11) is 0. The lowest BCUT2D eigenvalue weighted by Gasteiger charge is -2.42. The molecule has 0 radical (unpaired) electrons. The molecule has 0 aromatic carbocycles. The number of ketones is 1. The minimum Gasteiger partial charge on any atom is -0.312 e. The fraction of sp³-hybridized carbons (Fsp3) is 0.417. The molecule has 1 aliphatic heterocycles. The zero-order valence-corrected chi connectivity index (χ0v) is 9.19. The summed E-state index contributed by atoms with van der Waals surface area (Å²) < 4.78 is 0. The summed E-state index contributed by atoms with van der Waals surface area (Å²) in [4.78, 5) is 11.2. The van der Waals surface area contributed by atoms with E-state index in [2.05, 4.69) is 0 Å². The fourth-order valence-electron chi connectivity index (χ4n) is 2.17. The number of hydroxylamine groups is 2. The Morgan fingerprint density at radius 1 is 1.47 bits per heavy atom. The van der Waals surface area contributed by atoms with E-state index in [0.29, 0.717) is 0 Å². The van der Waals surface area contributed by atoms with Gasteiger partial charge in [0.05, 0.1) is 11.6 Å². The normalized spacial score (nSPS) is 29.6. The van der Waals surface area contributed by atoms with Gasteiger partial charge in [-0.3, -0.25) is 4.79 Å². The SMILES string of the molecule is CC1=CC(C)(C)N(O)C2C=CC(=O)C=C12. The molecule has 0 saturated carbocycles. The number of hydrogen-bond acceptors (Lipinski definition) is 3. The van der Waals surface area contributed by atoms with Crippen molar-refractivity contribution in [1.29, 1.82) is 0 Å². The van der Waals surface area contributed by atoms with Crippen LogP contribution in [0.5, 0.6) is 0 Å². The largest absolute Gasteiger partial charge is 0.312 e. The van der Waals surface area contributed by atoms with Crippen molar-refractivity contribution < 1.29 is 10.0 Å². The number of carbonyl (C=O) groups excluding carboxylic acids is 1. The molecule has 80 valence electrons. The second-order valence-electron chi connectivity index (χ2n) is 4.63. The molecule has 2 rings (SSSR count). The Balaban J connectivity index is 2.51. The van der Waals surface area contributed by atoms with Crippen LogP contribution in [0.4, 0.5) is 0 Å². The summed E-state index contributed by atoms with van der Waals surface area (Å²) in [6, 6.07) is -0.192. The molecule has 1 aliphatic carbocycles. The highest BCUT2D eigenvalue weighted by atomic mass is 16.5. The van der Waals surface area contributed by atoms with Gasteiger partial charge in [-0.05, 0) is 44.1 Å². The standard InChI is InChI=1S/C12H15NO2/c1-8-7-12(2,3)13(15)11-5-4-9(14)6-10(8)11/h4-7,11,15H,1-3H3. The molecule has 0 spiro atoms. The van der Waals surface area contributed by atoms with Gasteiger partial charge >= 0.3 is 0 Å². The number of nitrogens with zero attached hydrogens (tertiary/aromatic N) is 1. The van der Waals surface area contributed by atoms with E-state index in [4.69, 9.17) is 0 Å². The third-order valence-electron chi connectivity index (χ3n) is 2.94. The van der Waals surface area contributed by atoms with Crippen molar-refractivity contribution >= 4 is 5.78 Å². The van der Waals surface area contributed by atoms with Gasteiger partial charge in [0, 0.05) is 0 Å². The van der Waals surface area contributed by atoms with Crippen LogP contribution in [0.1, 0.15) is 20.8 Å². The lowest BCUT2D eigenvalue weighted by molar-refractivity contribution is -0.160. The zero-order chi connectivity index (χ0) is 11.2. The lowest BCUT2D eigenvalue weighted by Crippen LogP contribution is -2.50. The first-order valence-electron chi connectivity index (χ1n) is 5.03. The molecule has 0 aromatic heterocycles. The molecule has 1 atom stereocenters. The average molecular weight is 205 g/mol. The summed E-state index contributed by atoms with van der Waals surface area (Å²) in [6.07, 6.45) is 6.82. The maximum absolute atomic E-state index is 11.2. The van der Waals surface area contributed by atoms with Crippen molar-refractivity contribution in [2.45, 2.75) is 32.4 Å². The fourth-order valence-corrected chi connectivity index (χ4v) is 2.17. The second-order valence-corrected chi connectivity index (χ2v) is 4.63. The van der Waals surface area contributed by atoms with Crippen LogP contribution in [-0.4, -0.2) is 27.6 Å². The van der Waals surface area contributed by atoms with E-state index in [-0.39, 0.29) is 11.8 Å². The molecule has 0 amide bonds. The predicted octanol–water partition coefficient (Wildman–Crippen LogP) is 1.85. The lowest BCUT2D eigenvalue weighted by atomic mass is 9.84. The van der Waals surface area contributed by atoms with Gasteiger partial charge in [-0.25, -0.2) is 0 Å². The number of fused-ring (bicyclic) bond motifs is 1. The summed E-state index contributed by atoms with van der Waals surface area (Å²) >= 11 is 0. The summed E-state index contributed by atoms with van der Waals surface area (Å²) in [6.45, 7) is 5.86. The zero-order valence-electron chi connectivity index (χ0n) is 9.19. The van der Waals surface area contributed by atoms with E-state index in [0.717, 1.165) is 11.1 Å². The van der Waals surface area contributed by atoms with E-state index in [9.17, 15) is 10.0 Å². The van der Waals surface area contributed by atoms with Crippen molar-refractivity contribution in [3.8, 4) is 0 Å². The van der Waals surface area contributed by atoms with Gasteiger partial charge in [-0.1, -0.05) is 12.2 Å². The van der Waals surface area contributed by atoms with E-state index in [1.807, 2.05) is 26.8 Å². The number of carbonyl (C=O) groups is 1. The molecule has 0 fully saturated rings. The van der Waals surface area contributed by atoms with Crippen LogP contribution < -0.4 is 0 Å². The summed E-state index contributed by atoms with van der Waals surface area (Å²) in [5.74, 6) is -0.0119. The Hall–Kier alpha value is -1.19. The Morgan fingerprint density at radius 3 is 2.80 bits per heavy atom. The minimum absolute atomic E-state index is 0.0119. The smallest absolute Gasteiger partial charge is 0.178 e. The van der Waals surface area contributed by atoms with Crippen LogP contribution in [0.3, 0.4) is 0 Å². The van der Waals surface area contributed by atoms with E-state index in [1.54, 1.807) is 12.2 Å². The van der Waals surface area contributed by atoms with Crippen LogP contribution in [-0.2, 0) is 4.79 Å². The molecular formula is C12H15NO2. The first-order valence-corrected chi connectivity index (χ1v) is 5.03. The van der Waals surface area contributed by atoms with Crippen molar-refractivity contribution in [2.24, 2.45) is 0 Å². The highest BCUT2D eigenvalue weighted by Gasteiger charge is 2.37. The maximum Gasteiger partial charge on any atom is 0.178 e. The molecule has 1 heterocycles. The van der Waals surface area contributed by atoms with Gasteiger partial charge in [-0.15, -0.1) is 0 Å². The summed E-state index contributed by atoms with van der Waals surface area (Å²) in [5.41, 5.74) is 1.56. The van der Waals surface area contributed by atoms with Gasteiger partial charge in [0.2, 0.25) is 0 Å². The Labute approximate surface area is 89.3 Å². The highest BCUT2D eigenvalue weighted by molar-refractivity contribution is 6.01. The monoisotopic (exact) mass is 205 g/mol. The molecule has 0 aromatic rings. The number of hydrogen-bond donors (Lipinski definition) is 1. The van der Waals surface area contributed by atoms with Crippen LogP contribution in [0.25, 0.3) is 0 Å². The average Bonchev–Trinajstić information content (AvgIpc) is 2.14. The van der Waals surface area contributed by atoms with E-state index in [1.165, 1.54) is 11.1 Å². The van der Waals surface area contributed by atoms with Crippen LogP contribution >= 0.6 is 0 Å². The second kappa shape index (κ2) is 3.15. The molecular weight excluding hydrogens is 190 g/mol. The Morgan fingerprint density at radius 2 is 2.13 bits per heavy atom. The topological polar surface area (TPSA) is 40.5 Å².